The second kappa shape index (κ2) is 10.5. The Bertz CT molecular complexity index is 1990. The fourth-order valence-electron chi connectivity index (χ4n) is 5.54. The number of hydrogen-bond donors (Lipinski definition) is 3. The van der Waals surface area contributed by atoms with Gasteiger partial charge in [0.15, 0.2) is 0 Å². The minimum Gasteiger partial charge on any atom is -0.492 e. The van der Waals surface area contributed by atoms with Gasteiger partial charge in [0.1, 0.15) is 22.8 Å². The van der Waals surface area contributed by atoms with Crippen molar-refractivity contribution in [2.45, 2.75) is 6.54 Å². The predicted octanol–water partition coefficient (Wildman–Crippen LogP) is 8.17. The number of halogens is 1. The van der Waals surface area contributed by atoms with Crippen molar-refractivity contribution in [3.8, 4) is 28.5 Å². The van der Waals surface area contributed by atoms with Gasteiger partial charge in [-0.25, -0.2) is 14.2 Å². The molecule has 212 valence electrons. The smallest absolute Gasteiger partial charge is 0.323 e. The summed E-state index contributed by atoms with van der Waals surface area (Å²) in [5, 5.41) is 17.3. The van der Waals surface area contributed by atoms with Gasteiger partial charge in [0, 0.05) is 70.3 Å². The third-order valence-electron chi connectivity index (χ3n) is 7.43. The highest BCUT2D eigenvalue weighted by Gasteiger charge is 2.27. The zero-order chi connectivity index (χ0) is 29.5. The quantitative estimate of drug-likeness (QED) is 0.194. The summed E-state index contributed by atoms with van der Waals surface area (Å²) in [7, 11) is 1.86. The van der Waals surface area contributed by atoms with Crippen LogP contribution in [-0.2, 0) is 13.6 Å². The van der Waals surface area contributed by atoms with Crippen LogP contribution in [0.2, 0.25) is 0 Å². The lowest BCUT2D eigenvalue weighted by Gasteiger charge is -2.26. The van der Waals surface area contributed by atoms with Crippen LogP contribution in [0.25, 0.3) is 22.0 Å². The highest BCUT2D eigenvalue weighted by molar-refractivity contribution is 6.06. The molecule has 0 radical (unpaired) electrons. The van der Waals surface area contributed by atoms with Crippen LogP contribution >= 0.6 is 0 Å². The number of urea groups is 1. The summed E-state index contributed by atoms with van der Waals surface area (Å²) < 4.78 is 21.6. The van der Waals surface area contributed by atoms with E-state index in [9.17, 15) is 14.3 Å². The van der Waals surface area contributed by atoms with Crippen LogP contribution in [0.5, 0.6) is 17.4 Å². The Hall–Kier alpha value is -5.83. The number of rotatable bonds is 5. The summed E-state index contributed by atoms with van der Waals surface area (Å²) in [6.07, 6.45) is 3.62. The maximum atomic E-state index is 13.8. The molecule has 9 heteroatoms. The number of aryl methyl sites for hydroxylation is 1. The Balaban J connectivity index is 1.22. The number of carbonyl (C=O) groups is 1. The molecule has 0 fully saturated rings. The first-order chi connectivity index (χ1) is 20.9. The number of benzene rings is 4. The first-order valence-corrected chi connectivity index (χ1v) is 13.7. The van der Waals surface area contributed by atoms with E-state index in [1.165, 1.54) is 12.1 Å². The average molecular weight is 572 g/mol. The maximum Gasteiger partial charge on any atom is 0.323 e. The number of nitrogens with zero attached hydrogens (tertiary/aromatic N) is 3. The molecule has 6 aromatic rings. The molecule has 1 aliphatic heterocycles. The SMILES string of the molecule is Cn1cc2c3c(cnc(O)c31)CN(c1ccc(F)cc1)c1ccc(NC(=O)Nc3cccc(Oc4ccccc4)c3)cc1-2. The van der Waals surface area contributed by atoms with Crippen molar-refractivity contribution in [2.75, 3.05) is 15.5 Å². The van der Waals surface area contributed by atoms with E-state index in [1.807, 2.05) is 78.5 Å². The van der Waals surface area contributed by atoms with Crippen molar-refractivity contribution >= 4 is 39.7 Å². The summed E-state index contributed by atoms with van der Waals surface area (Å²) >= 11 is 0. The first-order valence-electron chi connectivity index (χ1n) is 13.7. The zero-order valence-electron chi connectivity index (χ0n) is 23.1. The fourth-order valence-corrected chi connectivity index (χ4v) is 5.54. The van der Waals surface area contributed by atoms with Gasteiger partial charge in [-0.1, -0.05) is 24.3 Å². The van der Waals surface area contributed by atoms with Crippen molar-refractivity contribution in [1.29, 1.82) is 0 Å². The third-order valence-corrected chi connectivity index (χ3v) is 7.43. The summed E-state index contributed by atoms with van der Waals surface area (Å²) in [5.74, 6) is 0.916. The van der Waals surface area contributed by atoms with Gasteiger partial charge in [-0.2, -0.15) is 0 Å². The average Bonchev–Trinajstić information content (AvgIpc) is 3.30. The molecule has 2 aromatic heterocycles. The van der Waals surface area contributed by atoms with Crippen molar-refractivity contribution in [2.24, 2.45) is 7.05 Å². The number of nitrogens with one attached hydrogen (secondary N) is 2. The van der Waals surface area contributed by atoms with Crippen LogP contribution in [-0.4, -0.2) is 20.7 Å². The van der Waals surface area contributed by atoms with Gasteiger partial charge in [-0.3, -0.25) is 0 Å². The van der Waals surface area contributed by atoms with Gasteiger partial charge in [-0.15, -0.1) is 0 Å². The molecule has 4 aromatic carbocycles. The molecule has 0 bridgehead atoms. The van der Waals surface area contributed by atoms with E-state index in [0.717, 1.165) is 33.5 Å². The number of aromatic hydroxyl groups is 1. The molecule has 0 saturated heterocycles. The topological polar surface area (TPSA) is 91.7 Å². The lowest BCUT2D eigenvalue weighted by molar-refractivity contribution is 0.262. The number of fused-ring (bicyclic) bond motifs is 2. The van der Waals surface area contributed by atoms with Crippen molar-refractivity contribution < 1.29 is 19.0 Å². The molecule has 0 spiro atoms. The predicted molar refractivity (Wildman–Crippen MR) is 166 cm³/mol. The van der Waals surface area contributed by atoms with Crippen LogP contribution in [0.4, 0.5) is 31.9 Å². The van der Waals surface area contributed by atoms with E-state index in [2.05, 4.69) is 20.5 Å². The number of para-hydroxylation sites is 1. The van der Waals surface area contributed by atoms with E-state index >= 15 is 0 Å². The summed E-state index contributed by atoms with van der Waals surface area (Å²) in [6.45, 7) is 0.452. The second-order valence-corrected chi connectivity index (χ2v) is 10.3. The molecule has 1 aliphatic rings. The van der Waals surface area contributed by atoms with Gasteiger partial charge in [0.05, 0.1) is 6.54 Å². The Morgan fingerprint density at radius 1 is 0.884 bits per heavy atom. The summed E-state index contributed by atoms with van der Waals surface area (Å²) in [4.78, 5) is 19.4. The molecule has 7 rings (SSSR count). The lowest BCUT2D eigenvalue weighted by atomic mass is 10.0. The van der Waals surface area contributed by atoms with E-state index in [4.69, 9.17) is 4.74 Å². The number of anilines is 4. The Labute approximate surface area is 246 Å². The van der Waals surface area contributed by atoms with Crippen LogP contribution in [0.3, 0.4) is 0 Å². The monoisotopic (exact) mass is 571 g/mol. The Morgan fingerprint density at radius 3 is 2.42 bits per heavy atom. The van der Waals surface area contributed by atoms with E-state index in [0.29, 0.717) is 34.9 Å². The molecule has 3 heterocycles. The highest BCUT2D eigenvalue weighted by Crippen LogP contribution is 2.46. The van der Waals surface area contributed by atoms with Crippen molar-refractivity contribution in [3.63, 3.8) is 0 Å². The van der Waals surface area contributed by atoms with Gasteiger partial charge >= 0.3 is 6.03 Å². The van der Waals surface area contributed by atoms with E-state index < -0.39 is 6.03 Å². The van der Waals surface area contributed by atoms with Gasteiger partial charge < -0.3 is 29.9 Å². The lowest BCUT2D eigenvalue weighted by Crippen LogP contribution is -2.20. The highest BCUT2D eigenvalue weighted by atomic mass is 19.1. The van der Waals surface area contributed by atoms with E-state index in [-0.39, 0.29) is 11.7 Å². The minimum atomic E-state index is -0.415. The van der Waals surface area contributed by atoms with Crippen LogP contribution in [0.15, 0.2) is 109 Å². The third kappa shape index (κ3) is 4.97. The van der Waals surface area contributed by atoms with Crippen molar-refractivity contribution in [3.05, 3.63) is 121 Å². The van der Waals surface area contributed by atoms with Crippen LogP contribution < -0.4 is 20.3 Å². The summed E-state index contributed by atoms with van der Waals surface area (Å²) in [5.41, 5.74) is 6.08. The molecule has 8 nitrogen and oxygen atoms in total. The van der Waals surface area contributed by atoms with Gasteiger partial charge in [0.2, 0.25) is 5.88 Å². The Kier molecular flexibility index (Phi) is 6.39. The standard InChI is InChI=1S/C34H26FN5O3/c1-39-20-29-28-17-24(38-34(42)37-23-6-5-9-27(16-23)43-26-7-3-2-4-8-26)12-15-30(28)40(25-13-10-22(35)11-14-25)19-21-18-36-33(41)32(39)31(21)29/h2-18,20H,19H2,1H3,(H,36,41)(H2,37,38,42). The van der Waals surface area contributed by atoms with E-state index in [1.54, 1.807) is 30.5 Å². The minimum absolute atomic E-state index is 0.0589. The number of amides is 2. The van der Waals surface area contributed by atoms with Crippen LogP contribution in [0.1, 0.15) is 5.56 Å². The molecular weight excluding hydrogens is 545 g/mol. The largest absolute Gasteiger partial charge is 0.492 e. The molecule has 0 atom stereocenters. The number of hydrogen-bond acceptors (Lipinski definition) is 5. The normalized spacial score (nSPS) is 12.0. The number of pyridine rings is 1. The van der Waals surface area contributed by atoms with Gasteiger partial charge in [-0.05, 0) is 66.7 Å². The molecule has 0 unspecified atom stereocenters. The molecule has 2 amide bonds. The van der Waals surface area contributed by atoms with Gasteiger partial charge in [0.25, 0.3) is 0 Å². The molecule has 43 heavy (non-hydrogen) atoms. The van der Waals surface area contributed by atoms with Crippen LogP contribution in [0, 0.1) is 5.82 Å². The molecule has 0 saturated carbocycles. The number of ether oxygens (including phenoxy) is 1. The first kappa shape index (κ1) is 26.1. The molecular formula is C34H26FN5O3. The molecule has 3 N–H and O–H groups in total. The van der Waals surface area contributed by atoms with Crippen molar-refractivity contribution in [1.82, 2.24) is 9.55 Å². The number of aromatic nitrogens is 2. The zero-order valence-corrected chi connectivity index (χ0v) is 23.1. The number of carbonyl (C=O) groups excluding carboxylic acids is 1. The maximum absolute atomic E-state index is 13.8. The summed E-state index contributed by atoms with van der Waals surface area (Å²) in [6, 6.07) is 28.2. The molecule has 0 aliphatic carbocycles. The Morgan fingerprint density at radius 2 is 1.63 bits per heavy atom. The fraction of sp³-hybridized carbons (Fsp3) is 0.0588. The second-order valence-electron chi connectivity index (χ2n) is 10.3.